The number of hydrogen-bond acceptors (Lipinski definition) is 4. The molecule has 2 aromatic rings. The molecular formula is C16H17N3OS. The molecule has 1 aliphatic rings. The van der Waals surface area contributed by atoms with Crippen LogP contribution in [0.3, 0.4) is 0 Å². The number of rotatable bonds is 3. The van der Waals surface area contributed by atoms with E-state index in [0.717, 1.165) is 17.1 Å². The predicted molar refractivity (Wildman–Crippen MR) is 86.5 cm³/mol. The average Bonchev–Trinajstić information content (AvgIpc) is 2.82. The minimum Gasteiger partial charge on any atom is -0.397 e. The minimum atomic E-state index is 0.121. The minimum absolute atomic E-state index is 0.121. The van der Waals surface area contributed by atoms with Crippen molar-refractivity contribution in [3.63, 3.8) is 0 Å². The summed E-state index contributed by atoms with van der Waals surface area (Å²) >= 11 is 1.44. The van der Waals surface area contributed by atoms with Crippen LogP contribution < -0.4 is 10.6 Å². The molecule has 0 radical (unpaired) electrons. The highest BCUT2D eigenvalue weighted by molar-refractivity contribution is 7.99. The molecule has 2 N–H and O–H groups in total. The van der Waals surface area contributed by atoms with E-state index in [9.17, 15) is 4.79 Å². The molecular weight excluding hydrogens is 282 g/mol. The van der Waals surface area contributed by atoms with Crippen molar-refractivity contribution in [2.45, 2.75) is 24.4 Å². The van der Waals surface area contributed by atoms with E-state index in [4.69, 9.17) is 5.73 Å². The summed E-state index contributed by atoms with van der Waals surface area (Å²) in [7, 11) is 0. The van der Waals surface area contributed by atoms with Crippen LogP contribution in [0.4, 0.5) is 11.4 Å². The van der Waals surface area contributed by atoms with Gasteiger partial charge >= 0.3 is 0 Å². The van der Waals surface area contributed by atoms with Gasteiger partial charge in [0, 0.05) is 11.7 Å². The van der Waals surface area contributed by atoms with Crippen LogP contribution in [0.1, 0.15) is 12.5 Å². The number of carbonyl (C=O) groups excluding carboxylic acids is 1. The summed E-state index contributed by atoms with van der Waals surface area (Å²) < 4.78 is 0. The van der Waals surface area contributed by atoms with Gasteiger partial charge < -0.3 is 10.6 Å². The number of nitrogens with two attached hydrogens (primary N) is 1. The Morgan fingerprint density at radius 2 is 2.19 bits per heavy atom. The Labute approximate surface area is 128 Å². The molecule has 0 saturated carbocycles. The number of anilines is 2. The van der Waals surface area contributed by atoms with E-state index < -0.39 is 0 Å². The lowest BCUT2D eigenvalue weighted by Crippen LogP contribution is -2.36. The SMILES string of the molecule is CC1Cc2ccccc2N1C(=O)CSc1ccc(N)cn1. The maximum Gasteiger partial charge on any atom is 0.237 e. The van der Waals surface area contributed by atoms with Crippen molar-refractivity contribution in [3.05, 3.63) is 48.2 Å². The Bertz CT molecular complexity index is 657. The summed E-state index contributed by atoms with van der Waals surface area (Å²) in [5.74, 6) is 0.506. The molecule has 2 heterocycles. The Kier molecular flexibility index (Phi) is 3.84. The summed E-state index contributed by atoms with van der Waals surface area (Å²) in [5, 5.41) is 0.817. The largest absolute Gasteiger partial charge is 0.397 e. The highest BCUT2D eigenvalue weighted by Gasteiger charge is 2.30. The summed E-state index contributed by atoms with van der Waals surface area (Å²) in [6.45, 7) is 2.09. The molecule has 1 amide bonds. The van der Waals surface area contributed by atoms with E-state index in [0.29, 0.717) is 11.4 Å². The molecule has 0 aliphatic carbocycles. The number of fused-ring (bicyclic) bond motifs is 1. The molecule has 1 aliphatic heterocycles. The molecule has 21 heavy (non-hydrogen) atoms. The van der Waals surface area contributed by atoms with E-state index in [1.807, 2.05) is 29.2 Å². The van der Waals surface area contributed by atoms with Gasteiger partial charge in [-0.15, -0.1) is 0 Å². The van der Waals surface area contributed by atoms with Crippen molar-refractivity contribution >= 4 is 29.0 Å². The van der Waals surface area contributed by atoms with Gasteiger partial charge in [-0.3, -0.25) is 4.79 Å². The van der Waals surface area contributed by atoms with Gasteiger partial charge in [0.25, 0.3) is 0 Å². The first-order valence-corrected chi connectivity index (χ1v) is 7.88. The highest BCUT2D eigenvalue weighted by Crippen LogP contribution is 2.32. The number of carbonyl (C=O) groups is 1. The van der Waals surface area contributed by atoms with E-state index in [1.165, 1.54) is 17.3 Å². The van der Waals surface area contributed by atoms with Crippen LogP contribution in [0.25, 0.3) is 0 Å². The molecule has 108 valence electrons. The zero-order chi connectivity index (χ0) is 14.8. The number of para-hydroxylation sites is 1. The lowest BCUT2D eigenvalue weighted by Gasteiger charge is -2.22. The number of nitrogens with zero attached hydrogens (tertiary/aromatic N) is 2. The van der Waals surface area contributed by atoms with Gasteiger partial charge in [-0.25, -0.2) is 4.98 Å². The molecule has 0 fully saturated rings. The van der Waals surface area contributed by atoms with Crippen molar-refractivity contribution in [2.75, 3.05) is 16.4 Å². The summed E-state index contributed by atoms with van der Waals surface area (Å²) in [5.41, 5.74) is 8.53. The Morgan fingerprint density at radius 1 is 1.38 bits per heavy atom. The van der Waals surface area contributed by atoms with Crippen molar-refractivity contribution in [2.24, 2.45) is 0 Å². The molecule has 1 unspecified atom stereocenters. The van der Waals surface area contributed by atoms with Crippen molar-refractivity contribution < 1.29 is 4.79 Å². The zero-order valence-corrected chi connectivity index (χ0v) is 12.6. The molecule has 0 saturated heterocycles. The zero-order valence-electron chi connectivity index (χ0n) is 11.8. The standard InChI is InChI=1S/C16H17N3OS/c1-11-8-12-4-2-3-5-14(12)19(11)16(20)10-21-15-7-6-13(17)9-18-15/h2-7,9,11H,8,10,17H2,1H3. The lowest BCUT2D eigenvalue weighted by molar-refractivity contribution is -0.116. The quantitative estimate of drug-likeness (QED) is 0.885. The summed E-state index contributed by atoms with van der Waals surface area (Å²) in [6.07, 6.45) is 2.54. The maximum absolute atomic E-state index is 12.5. The molecule has 1 aromatic carbocycles. The number of thioether (sulfide) groups is 1. The number of benzene rings is 1. The highest BCUT2D eigenvalue weighted by atomic mass is 32.2. The summed E-state index contributed by atoms with van der Waals surface area (Å²) in [4.78, 5) is 18.6. The van der Waals surface area contributed by atoms with Crippen molar-refractivity contribution in [3.8, 4) is 0 Å². The van der Waals surface area contributed by atoms with Gasteiger partial charge in [0.15, 0.2) is 0 Å². The topological polar surface area (TPSA) is 59.2 Å². The van der Waals surface area contributed by atoms with Crippen LogP contribution in [0, 0.1) is 0 Å². The molecule has 3 rings (SSSR count). The van der Waals surface area contributed by atoms with Crippen LogP contribution in [0.5, 0.6) is 0 Å². The average molecular weight is 299 g/mol. The van der Waals surface area contributed by atoms with Crippen LogP contribution >= 0.6 is 11.8 Å². The van der Waals surface area contributed by atoms with Crippen LogP contribution in [-0.2, 0) is 11.2 Å². The third kappa shape index (κ3) is 2.88. The van der Waals surface area contributed by atoms with Gasteiger partial charge in [0.05, 0.1) is 22.7 Å². The van der Waals surface area contributed by atoms with E-state index >= 15 is 0 Å². The molecule has 1 aromatic heterocycles. The lowest BCUT2D eigenvalue weighted by atomic mass is 10.1. The third-order valence-electron chi connectivity index (χ3n) is 3.58. The predicted octanol–water partition coefficient (Wildman–Crippen LogP) is 2.73. The first kappa shape index (κ1) is 13.9. The smallest absolute Gasteiger partial charge is 0.237 e. The number of hydrogen-bond donors (Lipinski definition) is 1. The molecule has 0 bridgehead atoms. The van der Waals surface area contributed by atoms with E-state index in [2.05, 4.69) is 18.0 Å². The fourth-order valence-electron chi connectivity index (χ4n) is 2.63. The van der Waals surface area contributed by atoms with Gasteiger partial charge in [-0.05, 0) is 37.1 Å². The second-order valence-electron chi connectivity index (χ2n) is 5.16. The number of nitrogen functional groups attached to an aromatic ring is 1. The molecule has 5 heteroatoms. The Hall–Kier alpha value is -2.01. The first-order valence-electron chi connectivity index (χ1n) is 6.89. The fourth-order valence-corrected chi connectivity index (χ4v) is 3.33. The van der Waals surface area contributed by atoms with Gasteiger partial charge in [0.1, 0.15) is 0 Å². The molecule has 1 atom stereocenters. The second kappa shape index (κ2) is 5.77. The van der Waals surface area contributed by atoms with Gasteiger partial charge in [-0.2, -0.15) is 0 Å². The molecule has 0 spiro atoms. The van der Waals surface area contributed by atoms with E-state index in [-0.39, 0.29) is 11.9 Å². The Morgan fingerprint density at radius 3 is 2.95 bits per heavy atom. The number of amides is 1. The van der Waals surface area contributed by atoms with Crippen LogP contribution in [0.2, 0.25) is 0 Å². The second-order valence-corrected chi connectivity index (χ2v) is 6.16. The van der Waals surface area contributed by atoms with Crippen LogP contribution in [-0.4, -0.2) is 22.7 Å². The maximum atomic E-state index is 12.5. The van der Waals surface area contributed by atoms with Gasteiger partial charge in [0.2, 0.25) is 5.91 Å². The Balaban J connectivity index is 1.70. The van der Waals surface area contributed by atoms with Crippen LogP contribution in [0.15, 0.2) is 47.6 Å². The summed E-state index contributed by atoms with van der Waals surface area (Å²) in [6, 6.07) is 12.0. The van der Waals surface area contributed by atoms with Crippen molar-refractivity contribution in [1.29, 1.82) is 0 Å². The number of aromatic nitrogens is 1. The fraction of sp³-hybridized carbons (Fsp3) is 0.250. The monoisotopic (exact) mass is 299 g/mol. The number of pyridine rings is 1. The normalized spacial score (nSPS) is 16.8. The van der Waals surface area contributed by atoms with Crippen molar-refractivity contribution in [1.82, 2.24) is 4.98 Å². The third-order valence-corrected chi connectivity index (χ3v) is 4.51. The molecule has 4 nitrogen and oxygen atoms in total. The van der Waals surface area contributed by atoms with E-state index in [1.54, 1.807) is 12.3 Å². The first-order chi connectivity index (χ1) is 10.1. The van der Waals surface area contributed by atoms with Gasteiger partial charge in [-0.1, -0.05) is 30.0 Å².